The Hall–Kier alpha value is -1.39. The molecule has 0 atom stereocenters. The summed E-state index contributed by atoms with van der Waals surface area (Å²) in [5.41, 5.74) is 2.00. The molecule has 1 aromatic carbocycles. The predicted octanol–water partition coefficient (Wildman–Crippen LogP) is 1.87. The van der Waals surface area contributed by atoms with Crippen molar-refractivity contribution >= 4 is 5.91 Å². The molecule has 0 aromatic heterocycles. The summed E-state index contributed by atoms with van der Waals surface area (Å²) in [5, 5.41) is 6.21. The highest BCUT2D eigenvalue weighted by molar-refractivity contribution is 5.94. The van der Waals surface area contributed by atoms with Crippen LogP contribution >= 0.6 is 0 Å². The Balaban J connectivity index is 1.86. The van der Waals surface area contributed by atoms with Crippen LogP contribution in [0.4, 0.5) is 0 Å². The molecule has 0 saturated carbocycles. The summed E-state index contributed by atoms with van der Waals surface area (Å²) < 4.78 is 0. The second-order valence-corrected chi connectivity index (χ2v) is 6.09. The second-order valence-electron chi connectivity index (χ2n) is 6.09. The van der Waals surface area contributed by atoms with E-state index >= 15 is 0 Å². The third-order valence-corrected chi connectivity index (χ3v) is 4.16. The van der Waals surface area contributed by atoms with Crippen molar-refractivity contribution < 1.29 is 4.79 Å². The zero-order chi connectivity index (χ0) is 15.2. The number of hydrogen-bond acceptors (Lipinski definition) is 3. The van der Waals surface area contributed by atoms with Crippen LogP contribution in [-0.4, -0.2) is 43.0 Å². The van der Waals surface area contributed by atoms with Crippen molar-refractivity contribution in [2.24, 2.45) is 5.92 Å². The first kappa shape index (κ1) is 16.0. The monoisotopic (exact) mass is 289 g/mol. The summed E-state index contributed by atoms with van der Waals surface area (Å²) >= 11 is 0. The molecule has 4 heteroatoms. The van der Waals surface area contributed by atoms with E-state index in [9.17, 15) is 4.79 Å². The van der Waals surface area contributed by atoms with Gasteiger partial charge < -0.3 is 10.6 Å². The first-order chi connectivity index (χ1) is 10.1. The molecule has 1 amide bonds. The third-order valence-electron chi connectivity index (χ3n) is 4.16. The Morgan fingerprint density at radius 3 is 2.48 bits per heavy atom. The smallest absolute Gasteiger partial charge is 0.251 e. The summed E-state index contributed by atoms with van der Waals surface area (Å²) in [6.45, 7) is 11.4. The van der Waals surface area contributed by atoms with Crippen LogP contribution in [0.5, 0.6) is 0 Å². The topological polar surface area (TPSA) is 44.4 Å². The maximum absolute atomic E-state index is 12.0. The molecular formula is C17H27N3O. The van der Waals surface area contributed by atoms with Gasteiger partial charge in [0.05, 0.1) is 0 Å². The SMILES string of the molecule is CCN(Cc1ccc(C(=O)NCC2CNC2)cc1)C(C)C. The van der Waals surface area contributed by atoms with Gasteiger partial charge in [0.25, 0.3) is 5.91 Å². The van der Waals surface area contributed by atoms with Gasteiger partial charge in [-0.3, -0.25) is 9.69 Å². The van der Waals surface area contributed by atoms with E-state index in [1.54, 1.807) is 0 Å². The van der Waals surface area contributed by atoms with Crippen LogP contribution < -0.4 is 10.6 Å². The van der Waals surface area contributed by atoms with Crippen molar-refractivity contribution in [3.63, 3.8) is 0 Å². The molecule has 21 heavy (non-hydrogen) atoms. The highest BCUT2D eigenvalue weighted by Crippen LogP contribution is 2.10. The highest BCUT2D eigenvalue weighted by atomic mass is 16.1. The van der Waals surface area contributed by atoms with Gasteiger partial charge in [-0.25, -0.2) is 0 Å². The number of amides is 1. The minimum absolute atomic E-state index is 0.0321. The van der Waals surface area contributed by atoms with E-state index in [1.807, 2.05) is 12.1 Å². The van der Waals surface area contributed by atoms with E-state index in [0.29, 0.717) is 12.0 Å². The van der Waals surface area contributed by atoms with Gasteiger partial charge in [0, 0.05) is 43.7 Å². The van der Waals surface area contributed by atoms with E-state index in [4.69, 9.17) is 0 Å². The molecule has 0 aliphatic carbocycles. The Labute approximate surface area is 127 Å². The van der Waals surface area contributed by atoms with Crippen LogP contribution in [0.15, 0.2) is 24.3 Å². The largest absolute Gasteiger partial charge is 0.352 e. The van der Waals surface area contributed by atoms with Crippen molar-refractivity contribution in [3.8, 4) is 0 Å². The fourth-order valence-electron chi connectivity index (χ4n) is 2.49. The molecule has 2 rings (SSSR count). The minimum atomic E-state index is 0.0321. The molecule has 1 heterocycles. The van der Waals surface area contributed by atoms with Gasteiger partial charge >= 0.3 is 0 Å². The van der Waals surface area contributed by atoms with E-state index in [1.165, 1.54) is 5.56 Å². The van der Waals surface area contributed by atoms with Crippen molar-refractivity contribution in [2.45, 2.75) is 33.4 Å². The molecule has 1 aliphatic rings. The number of hydrogen-bond donors (Lipinski definition) is 2. The molecule has 0 spiro atoms. The molecule has 1 aromatic rings. The van der Waals surface area contributed by atoms with Crippen molar-refractivity contribution in [3.05, 3.63) is 35.4 Å². The van der Waals surface area contributed by atoms with Gasteiger partial charge in [-0.15, -0.1) is 0 Å². The molecule has 1 fully saturated rings. The molecule has 0 unspecified atom stereocenters. The number of benzene rings is 1. The average molecular weight is 289 g/mol. The van der Waals surface area contributed by atoms with Gasteiger partial charge in [-0.05, 0) is 38.1 Å². The quantitative estimate of drug-likeness (QED) is 0.805. The van der Waals surface area contributed by atoms with Crippen LogP contribution in [0.2, 0.25) is 0 Å². The lowest BCUT2D eigenvalue weighted by atomic mass is 10.0. The fourth-order valence-corrected chi connectivity index (χ4v) is 2.49. The number of nitrogens with one attached hydrogen (secondary N) is 2. The summed E-state index contributed by atoms with van der Waals surface area (Å²) in [6.07, 6.45) is 0. The Morgan fingerprint density at radius 1 is 1.33 bits per heavy atom. The summed E-state index contributed by atoms with van der Waals surface area (Å²) in [5.74, 6) is 0.627. The first-order valence-electron chi connectivity index (χ1n) is 7.92. The number of carbonyl (C=O) groups is 1. The van der Waals surface area contributed by atoms with E-state index in [-0.39, 0.29) is 5.91 Å². The first-order valence-corrected chi connectivity index (χ1v) is 7.92. The number of nitrogens with zero attached hydrogens (tertiary/aromatic N) is 1. The van der Waals surface area contributed by atoms with Crippen molar-refractivity contribution in [1.82, 2.24) is 15.5 Å². The Morgan fingerprint density at radius 2 is 2.00 bits per heavy atom. The predicted molar refractivity (Wildman–Crippen MR) is 86.4 cm³/mol. The molecule has 1 aliphatic heterocycles. The van der Waals surface area contributed by atoms with E-state index < -0.39 is 0 Å². The van der Waals surface area contributed by atoms with Crippen molar-refractivity contribution in [1.29, 1.82) is 0 Å². The van der Waals surface area contributed by atoms with Gasteiger partial charge in [0.15, 0.2) is 0 Å². The van der Waals surface area contributed by atoms with E-state index in [2.05, 4.69) is 48.4 Å². The molecule has 0 bridgehead atoms. The van der Waals surface area contributed by atoms with Crippen LogP contribution in [-0.2, 0) is 6.54 Å². The Kier molecular flexibility index (Phi) is 5.76. The van der Waals surface area contributed by atoms with Gasteiger partial charge in [-0.1, -0.05) is 19.1 Å². The Bertz CT molecular complexity index is 452. The molecule has 2 N–H and O–H groups in total. The number of carbonyl (C=O) groups excluding carboxylic acids is 1. The molecule has 0 radical (unpaired) electrons. The van der Waals surface area contributed by atoms with Crippen LogP contribution in [0.3, 0.4) is 0 Å². The number of rotatable bonds is 7. The normalized spacial score (nSPS) is 15.3. The second kappa shape index (κ2) is 7.57. The van der Waals surface area contributed by atoms with Crippen LogP contribution in [0.1, 0.15) is 36.7 Å². The highest BCUT2D eigenvalue weighted by Gasteiger charge is 2.17. The zero-order valence-corrected chi connectivity index (χ0v) is 13.4. The minimum Gasteiger partial charge on any atom is -0.352 e. The van der Waals surface area contributed by atoms with Crippen LogP contribution in [0.25, 0.3) is 0 Å². The van der Waals surface area contributed by atoms with Gasteiger partial charge in [0.1, 0.15) is 0 Å². The van der Waals surface area contributed by atoms with Crippen LogP contribution in [0, 0.1) is 5.92 Å². The van der Waals surface area contributed by atoms with Gasteiger partial charge in [0.2, 0.25) is 0 Å². The lowest BCUT2D eigenvalue weighted by Gasteiger charge is -2.27. The summed E-state index contributed by atoms with van der Waals surface area (Å²) in [6, 6.07) is 8.51. The molecule has 116 valence electrons. The van der Waals surface area contributed by atoms with Crippen molar-refractivity contribution in [2.75, 3.05) is 26.2 Å². The summed E-state index contributed by atoms with van der Waals surface area (Å²) in [4.78, 5) is 14.4. The van der Waals surface area contributed by atoms with E-state index in [0.717, 1.165) is 38.3 Å². The zero-order valence-electron chi connectivity index (χ0n) is 13.4. The molecule has 1 saturated heterocycles. The molecule has 4 nitrogen and oxygen atoms in total. The maximum atomic E-state index is 12.0. The fraction of sp³-hybridized carbons (Fsp3) is 0.588. The molecular weight excluding hydrogens is 262 g/mol. The average Bonchev–Trinajstić information content (AvgIpc) is 2.43. The maximum Gasteiger partial charge on any atom is 0.251 e. The summed E-state index contributed by atoms with van der Waals surface area (Å²) in [7, 11) is 0. The standard InChI is InChI=1S/C17H27N3O/c1-4-20(13(2)3)12-14-5-7-16(8-6-14)17(21)19-11-15-9-18-10-15/h5-8,13,15,18H,4,9-12H2,1-3H3,(H,19,21). The third kappa shape index (κ3) is 4.55. The lowest BCUT2D eigenvalue weighted by Crippen LogP contribution is -2.48. The lowest BCUT2D eigenvalue weighted by molar-refractivity contribution is 0.0942. The van der Waals surface area contributed by atoms with Gasteiger partial charge in [-0.2, -0.15) is 0 Å².